The number of hydrogen-bond donors (Lipinski definition) is 2. The topological polar surface area (TPSA) is 64.9 Å². The van der Waals surface area contributed by atoms with Crippen molar-refractivity contribution < 1.29 is 9.18 Å². The van der Waals surface area contributed by atoms with Crippen molar-refractivity contribution in [2.75, 3.05) is 11.9 Å². The van der Waals surface area contributed by atoms with E-state index in [1.165, 1.54) is 18.9 Å². The van der Waals surface area contributed by atoms with E-state index in [4.69, 9.17) is 5.26 Å². The van der Waals surface area contributed by atoms with Gasteiger partial charge >= 0.3 is 0 Å². The molecule has 122 valence electrons. The van der Waals surface area contributed by atoms with Gasteiger partial charge in [0.1, 0.15) is 5.82 Å². The minimum atomic E-state index is -0.474. The molecule has 1 saturated carbocycles. The third-order valence-corrected chi connectivity index (χ3v) is 4.19. The average Bonchev–Trinajstić information content (AvgIpc) is 3.42. The summed E-state index contributed by atoms with van der Waals surface area (Å²) in [5, 5.41) is 15.0. The van der Waals surface area contributed by atoms with E-state index in [-0.39, 0.29) is 11.7 Å². The van der Waals surface area contributed by atoms with Crippen molar-refractivity contribution in [3.05, 3.63) is 65.0 Å². The van der Waals surface area contributed by atoms with Crippen LogP contribution in [0.1, 0.15) is 35.6 Å². The molecule has 3 rings (SSSR count). The molecule has 0 aliphatic heterocycles. The summed E-state index contributed by atoms with van der Waals surface area (Å²) >= 11 is 0. The van der Waals surface area contributed by atoms with Gasteiger partial charge in [0.2, 0.25) is 6.41 Å². The Balaban J connectivity index is 1.95. The van der Waals surface area contributed by atoms with Gasteiger partial charge in [-0.3, -0.25) is 4.79 Å². The molecule has 1 aliphatic rings. The molecular formula is C19H18FN3O. The SMILES string of the molecule is N#Cc1cccc(C(NCC2CC2)c2ccc(F)c(NC=O)c2)c1. The van der Waals surface area contributed by atoms with Gasteiger partial charge in [0.05, 0.1) is 23.4 Å². The van der Waals surface area contributed by atoms with Crippen LogP contribution in [0.3, 0.4) is 0 Å². The molecule has 1 fully saturated rings. The number of hydrogen-bond acceptors (Lipinski definition) is 3. The molecule has 24 heavy (non-hydrogen) atoms. The second-order valence-corrected chi connectivity index (χ2v) is 6.02. The lowest BCUT2D eigenvalue weighted by molar-refractivity contribution is -0.105. The number of carbonyl (C=O) groups is 1. The number of nitrogens with one attached hydrogen (secondary N) is 2. The lowest BCUT2D eigenvalue weighted by Gasteiger charge is -2.21. The Morgan fingerprint density at radius 1 is 1.25 bits per heavy atom. The maximum atomic E-state index is 13.8. The number of rotatable bonds is 7. The highest BCUT2D eigenvalue weighted by Gasteiger charge is 2.24. The van der Waals surface area contributed by atoms with E-state index in [1.807, 2.05) is 18.2 Å². The summed E-state index contributed by atoms with van der Waals surface area (Å²) in [5.41, 5.74) is 2.52. The molecule has 2 aromatic rings. The molecule has 0 saturated heterocycles. The summed E-state index contributed by atoms with van der Waals surface area (Å²) in [7, 11) is 0. The van der Waals surface area contributed by atoms with Crippen LogP contribution in [0.2, 0.25) is 0 Å². The molecule has 0 spiro atoms. The molecule has 0 heterocycles. The molecule has 2 aromatic carbocycles. The Bertz CT molecular complexity index is 780. The van der Waals surface area contributed by atoms with Gasteiger partial charge in [0.25, 0.3) is 0 Å². The van der Waals surface area contributed by atoms with Gasteiger partial charge in [0.15, 0.2) is 0 Å². The van der Waals surface area contributed by atoms with Crippen molar-refractivity contribution in [2.24, 2.45) is 5.92 Å². The molecular weight excluding hydrogens is 305 g/mol. The highest BCUT2D eigenvalue weighted by atomic mass is 19.1. The summed E-state index contributed by atoms with van der Waals surface area (Å²) in [6.45, 7) is 0.870. The minimum absolute atomic E-state index is 0.150. The molecule has 0 radical (unpaired) electrons. The molecule has 2 N–H and O–H groups in total. The van der Waals surface area contributed by atoms with Crippen molar-refractivity contribution in [3.8, 4) is 6.07 Å². The maximum absolute atomic E-state index is 13.8. The van der Waals surface area contributed by atoms with Crippen LogP contribution in [0.4, 0.5) is 10.1 Å². The second-order valence-electron chi connectivity index (χ2n) is 6.02. The fourth-order valence-corrected chi connectivity index (χ4v) is 2.72. The van der Waals surface area contributed by atoms with Crippen molar-refractivity contribution in [2.45, 2.75) is 18.9 Å². The number of nitriles is 1. The van der Waals surface area contributed by atoms with Crippen LogP contribution in [0.5, 0.6) is 0 Å². The van der Waals surface area contributed by atoms with E-state index in [0.29, 0.717) is 17.9 Å². The van der Waals surface area contributed by atoms with Crippen LogP contribution in [-0.4, -0.2) is 13.0 Å². The first-order chi connectivity index (χ1) is 11.7. The summed E-state index contributed by atoms with van der Waals surface area (Å²) < 4.78 is 13.8. The normalized spacial score (nSPS) is 14.7. The Kier molecular flexibility index (Phi) is 4.88. The highest BCUT2D eigenvalue weighted by Crippen LogP contribution is 2.31. The quantitative estimate of drug-likeness (QED) is 0.768. The lowest BCUT2D eigenvalue weighted by Crippen LogP contribution is -2.25. The smallest absolute Gasteiger partial charge is 0.211 e. The number of anilines is 1. The molecule has 1 aliphatic carbocycles. The largest absolute Gasteiger partial charge is 0.326 e. The Morgan fingerprint density at radius 3 is 2.75 bits per heavy atom. The Morgan fingerprint density at radius 2 is 2.04 bits per heavy atom. The highest BCUT2D eigenvalue weighted by molar-refractivity contribution is 5.72. The van der Waals surface area contributed by atoms with Crippen LogP contribution in [0.25, 0.3) is 0 Å². The lowest BCUT2D eigenvalue weighted by atomic mass is 9.96. The first kappa shape index (κ1) is 16.2. The van der Waals surface area contributed by atoms with Gasteiger partial charge in [-0.05, 0) is 60.7 Å². The zero-order valence-electron chi connectivity index (χ0n) is 13.1. The van der Waals surface area contributed by atoms with Crippen molar-refractivity contribution >= 4 is 12.1 Å². The van der Waals surface area contributed by atoms with Gasteiger partial charge in [-0.1, -0.05) is 18.2 Å². The molecule has 1 amide bonds. The van der Waals surface area contributed by atoms with Crippen molar-refractivity contribution in [1.82, 2.24) is 5.32 Å². The van der Waals surface area contributed by atoms with E-state index in [9.17, 15) is 9.18 Å². The molecule has 4 nitrogen and oxygen atoms in total. The molecule has 1 atom stereocenters. The fraction of sp³-hybridized carbons (Fsp3) is 0.263. The van der Waals surface area contributed by atoms with E-state index in [2.05, 4.69) is 16.7 Å². The van der Waals surface area contributed by atoms with Gasteiger partial charge in [0, 0.05) is 0 Å². The van der Waals surface area contributed by atoms with Gasteiger partial charge in [-0.2, -0.15) is 5.26 Å². The zero-order valence-corrected chi connectivity index (χ0v) is 13.1. The number of amides is 1. The second kappa shape index (κ2) is 7.24. The third kappa shape index (κ3) is 3.79. The summed E-state index contributed by atoms with van der Waals surface area (Å²) in [6, 6.07) is 14.0. The van der Waals surface area contributed by atoms with Gasteiger partial charge in [-0.25, -0.2) is 4.39 Å². The average molecular weight is 323 g/mol. The van der Waals surface area contributed by atoms with E-state index in [1.54, 1.807) is 18.2 Å². The fourth-order valence-electron chi connectivity index (χ4n) is 2.72. The molecule has 1 unspecified atom stereocenters. The van der Waals surface area contributed by atoms with Crippen LogP contribution < -0.4 is 10.6 Å². The summed E-state index contributed by atoms with van der Waals surface area (Å²) in [5.74, 6) is 0.206. The predicted molar refractivity (Wildman–Crippen MR) is 89.8 cm³/mol. The number of halogens is 1. The molecule has 0 aromatic heterocycles. The number of nitrogens with zero attached hydrogens (tertiary/aromatic N) is 1. The van der Waals surface area contributed by atoms with Crippen molar-refractivity contribution in [3.63, 3.8) is 0 Å². The summed E-state index contributed by atoms with van der Waals surface area (Å²) in [4.78, 5) is 10.7. The van der Waals surface area contributed by atoms with E-state index < -0.39 is 5.82 Å². The number of benzene rings is 2. The van der Waals surface area contributed by atoms with Crippen LogP contribution >= 0.6 is 0 Å². The minimum Gasteiger partial charge on any atom is -0.326 e. The standard InChI is InChI=1S/C19H18FN3O/c20-17-7-6-16(9-18(17)23-12-24)19(22-11-13-4-5-13)15-3-1-2-14(8-15)10-21/h1-3,6-9,12-13,19,22H,4-5,11H2,(H,23,24). The van der Waals surface area contributed by atoms with Gasteiger partial charge < -0.3 is 10.6 Å². The van der Waals surface area contributed by atoms with Crippen LogP contribution in [-0.2, 0) is 4.79 Å². The maximum Gasteiger partial charge on any atom is 0.211 e. The first-order valence-electron chi connectivity index (χ1n) is 7.94. The predicted octanol–water partition coefficient (Wildman–Crippen LogP) is 3.35. The molecule has 5 heteroatoms. The first-order valence-corrected chi connectivity index (χ1v) is 7.94. The summed E-state index contributed by atoms with van der Waals surface area (Å²) in [6.07, 6.45) is 2.91. The zero-order chi connectivity index (χ0) is 16.9. The monoisotopic (exact) mass is 323 g/mol. The molecule has 0 bridgehead atoms. The van der Waals surface area contributed by atoms with E-state index in [0.717, 1.165) is 17.7 Å². The Labute approximate surface area is 140 Å². The van der Waals surface area contributed by atoms with Gasteiger partial charge in [-0.15, -0.1) is 0 Å². The van der Waals surface area contributed by atoms with Crippen molar-refractivity contribution in [1.29, 1.82) is 5.26 Å². The number of carbonyl (C=O) groups excluding carboxylic acids is 1. The van der Waals surface area contributed by atoms with E-state index >= 15 is 0 Å². The van der Waals surface area contributed by atoms with Crippen LogP contribution in [0.15, 0.2) is 42.5 Å². The van der Waals surface area contributed by atoms with Crippen LogP contribution in [0, 0.1) is 23.1 Å². The Hall–Kier alpha value is -2.71. The third-order valence-electron chi connectivity index (χ3n) is 4.19.